The van der Waals surface area contributed by atoms with Crippen molar-refractivity contribution in [3.05, 3.63) is 0 Å². The zero-order chi connectivity index (χ0) is 11.3. The van der Waals surface area contributed by atoms with Gasteiger partial charge in [-0.25, -0.2) is 0 Å². The smallest absolute Gasteiger partial charge is 0.0365 e. The van der Waals surface area contributed by atoms with Gasteiger partial charge in [-0.05, 0) is 30.1 Å². The molecule has 90 valence electrons. The molecule has 15 heavy (non-hydrogen) atoms. The molecule has 0 atom stereocenters. The van der Waals surface area contributed by atoms with E-state index in [1.54, 1.807) is 0 Å². The normalized spacial score (nSPS) is 20.2. The van der Waals surface area contributed by atoms with Crippen LogP contribution in [-0.4, -0.2) is 0 Å². The summed E-state index contributed by atoms with van der Waals surface area (Å²) in [6, 6.07) is 0. The van der Waals surface area contributed by atoms with E-state index in [-0.39, 0.29) is 0 Å². The summed E-state index contributed by atoms with van der Waals surface area (Å²) >= 11 is 0. The summed E-state index contributed by atoms with van der Waals surface area (Å²) < 4.78 is 0. The fraction of sp³-hybridized carbons (Fsp3) is 1.00. The Labute approximate surface area is 96.8 Å². The molecule has 0 aromatic heterocycles. The predicted octanol–water partition coefficient (Wildman–Crippen LogP) is 5.28. The molecule has 0 aromatic rings. The standard InChI is InChI=1S/C15H30/c1-12(2)15(13(3)4)11-14-9-7-5-6-8-10-14/h12-15H,5-11H2,1-4H3. The lowest BCUT2D eigenvalue weighted by Gasteiger charge is -2.29. The van der Waals surface area contributed by atoms with Gasteiger partial charge in [-0.3, -0.25) is 0 Å². The van der Waals surface area contributed by atoms with Crippen LogP contribution in [0.15, 0.2) is 0 Å². The van der Waals surface area contributed by atoms with E-state index in [2.05, 4.69) is 27.7 Å². The van der Waals surface area contributed by atoms with Crippen LogP contribution in [0, 0.1) is 23.7 Å². The van der Waals surface area contributed by atoms with Gasteiger partial charge in [0.2, 0.25) is 0 Å². The molecule has 0 saturated heterocycles. The molecular weight excluding hydrogens is 180 g/mol. The number of rotatable bonds is 4. The van der Waals surface area contributed by atoms with E-state index in [4.69, 9.17) is 0 Å². The second-order valence-corrected chi connectivity index (χ2v) is 6.25. The largest absolute Gasteiger partial charge is 0.0625 e. The zero-order valence-corrected chi connectivity index (χ0v) is 11.3. The highest BCUT2D eigenvalue weighted by atomic mass is 14.3. The summed E-state index contributed by atoms with van der Waals surface area (Å²) in [5, 5.41) is 0. The van der Waals surface area contributed by atoms with Crippen molar-refractivity contribution in [2.75, 3.05) is 0 Å². The van der Waals surface area contributed by atoms with Crippen LogP contribution in [0.3, 0.4) is 0 Å². The highest BCUT2D eigenvalue weighted by Gasteiger charge is 2.22. The van der Waals surface area contributed by atoms with Crippen LogP contribution in [-0.2, 0) is 0 Å². The second-order valence-electron chi connectivity index (χ2n) is 6.25. The van der Waals surface area contributed by atoms with Gasteiger partial charge in [0.15, 0.2) is 0 Å². The van der Waals surface area contributed by atoms with Crippen LogP contribution in [0.4, 0.5) is 0 Å². The summed E-state index contributed by atoms with van der Waals surface area (Å²) in [4.78, 5) is 0. The van der Waals surface area contributed by atoms with Gasteiger partial charge in [0.1, 0.15) is 0 Å². The molecule has 0 nitrogen and oxygen atoms in total. The highest BCUT2D eigenvalue weighted by molar-refractivity contribution is 4.73. The first kappa shape index (κ1) is 13.1. The van der Waals surface area contributed by atoms with Crippen LogP contribution in [0.2, 0.25) is 0 Å². The number of hydrogen-bond donors (Lipinski definition) is 0. The Morgan fingerprint density at radius 2 is 1.27 bits per heavy atom. The third kappa shape index (κ3) is 4.57. The molecule has 1 fully saturated rings. The van der Waals surface area contributed by atoms with E-state index in [1.807, 2.05) is 0 Å². The first-order valence-corrected chi connectivity index (χ1v) is 7.11. The summed E-state index contributed by atoms with van der Waals surface area (Å²) in [6.07, 6.45) is 10.5. The van der Waals surface area contributed by atoms with Crippen LogP contribution in [0.1, 0.15) is 72.6 Å². The fourth-order valence-electron chi connectivity index (χ4n) is 3.30. The Kier molecular flexibility index (Phi) is 5.71. The van der Waals surface area contributed by atoms with Crippen LogP contribution < -0.4 is 0 Å². The van der Waals surface area contributed by atoms with Gasteiger partial charge < -0.3 is 0 Å². The summed E-state index contributed by atoms with van der Waals surface area (Å²) in [5.74, 6) is 3.73. The molecule has 1 rings (SSSR count). The summed E-state index contributed by atoms with van der Waals surface area (Å²) in [5.41, 5.74) is 0. The number of hydrogen-bond acceptors (Lipinski definition) is 0. The Morgan fingerprint density at radius 1 is 0.800 bits per heavy atom. The van der Waals surface area contributed by atoms with Crippen molar-refractivity contribution < 1.29 is 0 Å². The molecule has 0 heterocycles. The van der Waals surface area contributed by atoms with Gasteiger partial charge in [-0.15, -0.1) is 0 Å². The Bertz CT molecular complexity index is 141. The average Bonchev–Trinajstić information content (AvgIpc) is 2.41. The third-order valence-electron chi connectivity index (χ3n) is 4.29. The molecule has 1 saturated carbocycles. The first-order valence-electron chi connectivity index (χ1n) is 7.11. The lowest BCUT2D eigenvalue weighted by molar-refractivity contribution is 0.217. The minimum absolute atomic E-state index is 0.869. The third-order valence-corrected chi connectivity index (χ3v) is 4.29. The fourth-order valence-corrected chi connectivity index (χ4v) is 3.30. The predicted molar refractivity (Wildman–Crippen MR) is 69.0 cm³/mol. The molecule has 0 N–H and O–H groups in total. The van der Waals surface area contributed by atoms with Gasteiger partial charge in [-0.1, -0.05) is 66.2 Å². The Morgan fingerprint density at radius 3 is 1.67 bits per heavy atom. The Balaban J connectivity index is 2.41. The van der Waals surface area contributed by atoms with E-state index in [1.165, 1.54) is 44.9 Å². The van der Waals surface area contributed by atoms with E-state index in [0.717, 1.165) is 23.7 Å². The first-order chi connectivity index (χ1) is 7.11. The quantitative estimate of drug-likeness (QED) is 0.554. The van der Waals surface area contributed by atoms with Crippen LogP contribution in [0.5, 0.6) is 0 Å². The van der Waals surface area contributed by atoms with Crippen molar-refractivity contribution in [3.63, 3.8) is 0 Å². The molecular formula is C15H30. The highest BCUT2D eigenvalue weighted by Crippen LogP contribution is 2.34. The average molecular weight is 210 g/mol. The minimum Gasteiger partial charge on any atom is -0.0625 e. The lowest BCUT2D eigenvalue weighted by atomic mass is 9.77. The van der Waals surface area contributed by atoms with Gasteiger partial charge in [-0.2, -0.15) is 0 Å². The minimum atomic E-state index is 0.869. The lowest BCUT2D eigenvalue weighted by Crippen LogP contribution is -2.19. The topological polar surface area (TPSA) is 0 Å². The maximum Gasteiger partial charge on any atom is -0.0365 e. The summed E-state index contributed by atoms with van der Waals surface area (Å²) in [6.45, 7) is 9.62. The molecule has 1 aliphatic rings. The second kappa shape index (κ2) is 6.55. The molecule has 0 spiro atoms. The monoisotopic (exact) mass is 210 g/mol. The molecule has 0 amide bonds. The van der Waals surface area contributed by atoms with Gasteiger partial charge in [0.05, 0.1) is 0 Å². The van der Waals surface area contributed by atoms with Crippen molar-refractivity contribution in [1.82, 2.24) is 0 Å². The van der Waals surface area contributed by atoms with Gasteiger partial charge in [0.25, 0.3) is 0 Å². The van der Waals surface area contributed by atoms with E-state index in [9.17, 15) is 0 Å². The SMILES string of the molecule is CC(C)C(CC1CCCCCC1)C(C)C. The molecule has 1 aliphatic carbocycles. The van der Waals surface area contributed by atoms with Gasteiger partial charge >= 0.3 is 0 Å². The van der Waals surface area contributed by atoms with Crippen molar-refractivity contribution in [2.45, 2.75) is 72.6 Å². The molecule has 0 aromatic carbocycles. The van der Waals surface area contributed by atoms with Crippen LogP contribution >= 0.6 is 0 Å². The maximum absolute atomic E-state index is 2.40. The van der Waals surface area contributed by atoms with E-state index >= 15 is 0 Å². The van der Waals surface area contributed by atoms with E-state index < -0.39 is 0 Å². The van der Waals surface area contributed by atoms with Crippen molar-refractivity contribution in [3.8, 4) is 0 Å². The van der Waals surface area contributed by atoms with Gasteiger partial charge in [0, 0.05) is 0 Å². The molecule has 0 aliphatic heterocycles. The van der Waals surface area contributed by atoms with Crippen molar-refractivity contribution in [1.29, 1.82) is 0 Å². The molecule has 0 heteroatoms. The maximum atomic E-state index is 2.40. The van der Waals surface area contributed by atoms with Crippen molar-refractivity contribution in [2.24, 2.45) is 23.7 Å². The zero-order valence-electron chi connectivity index (χ0n) is 11.3. The Hall–Kier alpha value is 0. The molecule has 0 radical (unpaired) electrons. The van der Waals surface area contributed by atoms with Crippen molar-refractivity contribution >= 4 is 0 Å². The molecule has 0 bridgehead atoms. The van der Waals surface area contributed by atoms with Crippen LogP contribution in [0.25, 0.3) is 0 Å². The summed E-state index contributed by atoms with van der Waals surface area (Å²) in [7, 11) is 0. The van der Waals surface area contributed by atoms with E-state index in [0.29, 0.717) is 0 Å². The molecule has 0 unspecified atom stereocenters.